The molecule has 0 radical (unpaired) electrons. The lowest BCUT2D eigenvalue weighted by molar-refractivity contribution is 0.0936. The second-order valence-electron chi connectivity index (χ2n) is 11.4. The number of piperazine rings is 1. The molecule has 0 atom stereocenters. The largest absolute Gasteiger partial charge is 0.398 e. The van der Waals surface area contributed by atoms with E-state index in [1.165, 1.54) is 0 Å². The molecule has 2 amide bonds. The number of aryl methyl sites for hydroxylation is 1. The van der Waals surface area contributed by atoms with Crippen LogP contribution in [0.2, 0.25) is 0 Å². The number of Topliss-reactive ketones (excluding diaryl/α,β-unsaturated/α-hetero) is 1. The second-order valence-corrected chi connectivity index (χ2v) is 11.4. The molecule has 3 heterocycles. The van der Waals surface area contributed by atoms with Gasteiger partial charge in [0.1, 0.15) is 11.6 Å². The number of nitrogens with one attached hydrogen (secondary N) is 1. The molecule has 5 rings (SSSR count). The third-order valence-electron chi connectivity index (χ3n) is 8.26. The van der Waals surface area contributed by atoms with Crippen LogP contribution in [0, 0.1) is 24.2 Å². The van der Waals surface area contributed by atoms with Gasteiger partial charge in [0.15, 0.2) is 5.78 Å². The lowest BCUT2D eigenvalue weighted by Crippen LogP contribution is -2.50. The molecule has 10 nitrogen and oxygen atoms in total. The smallest absolute Gasteiger partial charge is 0.321 e. The van der Waals surface area contributed by atoms with Crippen LogP contribution in [0.4, 0.5) is 22.0 Å². The molecular weight excluding hydrogens is 528 g/mol. The number of likely N-dealkylation sites (tertiary alicyclic amines) is 1. The Morgan fingerprint density at radius 1 is 1.05 bits per heavy atom. The van der Waals surface area contributed by atoms with Crippen LogP contribution < -0.4 is 16.0 Å². The van der Waals surface area contributed by atoms with E-state index in [4.69, 9.17) is 16.0 Å². The number of carbonyl (C=O) groups is 2. The lowest BCUT2D eigenvalue weighted by atomic mass is 9.89. The van der Waals surface area contributed by atoms with Gasteiger partial charge in [-0.05, 0) is 81.7 Å². The number of carbonyl (C=O) groups excluding carboxylic acids is 2. The van der Waals surface area contributed by atoms with Crippen molar-refractivity contribution in [2.24, 2.45) is 5.92 Å². The van der Waals surface area contributed by atoms with Gasteiger partial charge < -0.3 is 25.8 Å². The molecule has 2 aromatic carbocycles. The number of aromatic nitrogens is 2. The van der Waals surface area contributed by atoms with Crippen molar-refractivity contribution in [2.75, 3.05) is 62.3 Å². The number of benzene rings is 2. The zero-order valence-electron chi connectivity index (χ0n) is 24.3. The zero-order chi connectivity index (χ0) is 29.6. The minimum atomic E-state index is -0.164. The minimum Gasteiger partial charge on any atom is -0.398 e. The quantitative estimate of drug-likeness (QED) is 0.323. The van der Waals surface area contributed by atoms with Crippen LogP contribution in [0.25, 0.3) is 0 Å². The lowest BCUT2D eigenvalue weighted by Gasteiger charge is -2.36. The summed E-state index contributed by atoms with van der Waals surface area (Å²) >= 11 is 0. The van der Waals surface area contributed by atoms with Gasteiger partial charge in [0.25, 0.3) is 0 Å². The molecule has 2 fully saturated rings. The molecule has 10 heteroatoms. The molecule has 0 aliphatic carbocycles. The fourth-order valence-electron chi connectivity index (χ4n) is 5.57. The summed E-state index contributed by atoms with van der Waals surface area (Å²) in [5, 5.41) is 11.9. The van der Waals surface area contributed by atoms with Gasteiger partial charge in [-0.1, -0.05) is 12.1 Å². The van der Waals surface area contributed by atoms with Crippen molar-refractivity contribution in [1.82, 2.24) is 19.8 Å². The van der Waals surface area contributed by atoms with E-state index >= 15 is 0 Å². The summed E-state index contributed by atoms with van der Waals surface area (Å²) < 4.78 is 0. The number of anilines is 3. The van der Waals surface area contributed by atoms with Crippen molar-refractivity contribution >= 4 is 29.0 Å². The second kappa shape index (κ2) is 13.0. The summed E-state index contributed by atoms with van der Waals surface area (Å²) in [6.45, 7) is 6.48. The number of nitrogens with zero attached hydrogens (tertiary/aromatic N) is 6. The Morgan fingerprint density at radius 2 is 1.76 bits per heavy atom. The molecule has 42 heavy (non-hydrogen) atoms. The van der Waals surface area contributed by atoms with Gasteiger partial charge in [-0.3, -0.25) is 4.79 Å². The molecule has 3 aromatic rings. The van der Waals surface area contributed by atoms with Gasteiger partial charge >= 0.3 is 6.03 Å². The van der Waals surface area contributed by atoms with Crippen LogP contribution in [0.3, 0.4) is 0 Å². The number of hydrogen-bond acceptors (Lipinski definition) is 8. The Morgan fingerprint density at radius 3 is 2.43 bits per heavy atom. The van der Waals surface area contributed by atoms with Gasteiger partial charge in [-0.15, -0.1) is 0 Å². The Bertz CT molecular complexity index is 1470. The monoisotopic (exact) mass is 566 g/mol. The number of nitrogens with two attached hydrogens (primary N) is 1. The molecule has 0 saturated carbocycles. The molecule has 0 bridgehead atoms. The third-order valence-corrected chi connectivity index (χ3v) is 8.26. The summed E-state index contributed by atoms with van der Waals surface area (Å²) in [6, 6.07) is 14.3. The topological polar surface area (TPSA) is 131 Å². The van der Waals surface area contributed by atoms with E-state index in [9.17, 15) is 9.59 Å². The summed E-state index contributed by atoms with van der Waals surface area (Å²) in [5.74, 6) is 2.11. The predicted molar refractivity (Wildman–Crippen MR) is 164 cm³/mol. The number of rotatable bonds is 7. The van der Waals surface area contributed by atoms with Gasteiger partial charge in [0, 0.05) is 67.7 Å². The number of hydrogen-bond donors (Lipinski definition) is 2. The average Bonchev–Trinajstić information content (AvgIpc) is 3.00. The fraction of sp³-hybridized carbons (Fsp3) is 0.406. The third kappa shape index (κ3) is 7.04. The molecule has 2 aliphatic heterocycles. The van der Waals surface area contributed by atoms with Crippen LogP contribution in [0.15, 0.2) is 48.7 Å². The van der Waals surface area contributed by atoms with Gasteiger partial charge in [0.05, 0.1) is 11.6 Å². The van der Waals surface area contributed by atoms with Crippen LogP contribution >= 0.6 is 0 Å². The van der Waals surface area contributed by atoms with Crippen molar-refractivity contribution in [3.8, 4) is 6.07 Å². The van der Waals surface area contributed by atoms with E-state index in [-0.39, 0.29) is 11.8 Å². The van der Waals surface area contributed by atoms with Crippen LogP contribution in [0.5, 0.6) is 0 Å². The molecular formula is C32H38N8O2. The van der Waals surface area contributed by atoms with Gasteiger partial charge in [0.2, 0.25) is 0 Å². The van der Waals surface area contributed by atoms with Crippen molar-refractivity contribution in [3.05, 3.63) is 76.7 Å². The Balaban J connectivity index is 1.17. The summed E-state index contributed by atoms with van der Waals surface area (Å²) in [6.07, 6.45) is 4.99. The number of piperidine rings is 1. The SMILES string of the molecule is Cc1cnc(Cc2ccc(C(=O)CC3CCN(C)CC3)cc2N)nc1N1CCN(C(=O)Nc2ccc(C#N)cc2)CC1. The predicted octanol–water partition coefficient (Wildman–Crippen LogP) is 4.10. The van der Waals surface area contributed by atoms with Crippen molar-refractivity contribution in [2.45, 2.75) is 32.6 Å². The Labute approximate surface area is 247 Å². The highest BCUT2D eigenvalue weighted by Gasteiger charge is 2.24. The van der Waals surface area contributed by atoms with Crippen molar-refractivity contribution in [1.29, 1.82) is 5.26 Å². The number of nitriles is 1. The Kier molecular flexibility index (Phi) is 8.98. The van der Waals surface area contributed by atoms with Crippen LogP contribution in [0.1, 0.15) is 52.1 Å². The fourth-order valence-corrected chi connectivity index (χ4v) is 5.57. The molecule has 3 N–H and O–H groups in total. The number of nitrogen functional groups attached to an aromatic ring is 1. The first kappa shape index (κ1) is 29.0. The molecule has 0 unspecified atom stereocenters. The number of amides is 2. The van der Waals surface area contributed by atoms with E-state index in [0.29, 0.717) is 73.3 Å². The maximum absolute atomic E-state index is 12.9. The van der Waals surface area contributed by atoms with E-state index in [0.717, 1.165) is 42.9 Å². The molecule has 218 valence electrons. The highest BCUT2D eigenvalue weighted by Crippen LogP contribution is 2.25. The van der Waals surface area contributed by atoms with Gasteiger partial charge in [-0.25, -0.2) is 14.8 Å². The first-order chi connectivity index (χ1) is 20.3. The molecule has 0 spiro atoms. The van der Waals surface area contributed by atoms with E-state index in [2.05, 4.69) is 33.2 Å². The first-order valence-electron chi connectivity index (χ1n) is 14.5. The molecule has 2 aliphatic rings. The van der Waals surface area contributed by atoms with Gasteiger partial charge in [-0.2, -0.15) is 5.26 Å². The minimum absolute atomic E-state index is 0.154. The summed E-state index contributed by atoms with van der Waals surface area (Å²) in [4.78, 5) is 41.4. The standard InChI is InChI=1S/C32H38N8O2/c1-22-21-35-30(19-25-5-6-26(18-28(25)34)29(41)17-23-9-11-38(2)12-10-23)37-31(22)39-13-15-40(16-14-39)32(42)36-27-7-3-24(20-33)4-8-27/h3-8,18,21,23H,9-17,19,34H2,1-2H3,(H,36,42). The average molecular weight is 567 g/mol. The summed E-state index contributed by atoms with van der Waals surface area (Å²) in [5.41, 5.74) is 10.7. The first-order valence-corrected chi connectivity index (χ1v) is 14.5. The maximum atomic E-state index is 12.9. The zero-order valence-corrected chi connectivity index (χ0v) is 24.3. The van der Waals surface area contributed by atoms with E-state index in [1.807, 2.05) is 25.3 Å². The van der Waals surface area contributed by atoms with E-state index in [1.54, 1.807) is 35.2 Å². The highest BCUT2D eigenvalue weighted by molar-refractivity contribution is 5.97. The van der Waals surface area contributed by atoms with Crippen LogP contribution in [-0.2, 0) is 6.42 Å². The highest BCUT2D eigenvalue weighted by atomic mass is 16.2. The maximum Gasteiger partial charge on any atom is 0.321 e. The Hall–Kier alpha value is -4.49. The normalized spacial score (nSPS) is 16.2. The van der Waals surface area contributed by atoms with Crippen molar-refractivity contribution < 1.29 is 9.59 Å². The van der Waals surface area contributed by atoms with Crippen molar-refractivity contribution in [3.63, 3.8) is 0 Å². The van der Waals surface area contributed by atoms with E-state index < -0.39 is 0 Å². The number of ketones is 1. The number of urea groups is 1. The van der Waals surface area contributed by atoms with Crippen LogP contribution in [-0.4, -0.2) is 77.9 Å². The molecule has 1 aromatic heterocycles. The molecule has 2 saturated heterocycles. The summed E-state index contributed by atoms with van der Waals surface area (Å²) in [7, 11) is 2.13.